The summed E-state index contributed by atoms with van der Waals surface area (Å²) in [6.45, 7) is 5.91. The van der Waals surface area contributed by atoms with Crippen LogP contribution in [-0.4, -0.2) is 40.7 Å². The molecule has 6 heteroatoms. The highest BCUT2D eigenvalue weighted by atomic mass is 16.5. The van der Waals surface area contributed by atoms with Gasteiger partial charge in [-0.1, -0.05) is 5.16 Å². The maximum absolute atomic E-state index is 5.27. The second kappa shape index (κ2) is 4.91. The second-order valence-corrected chi connectivity index (χ2v) is 4.55. The van der Waals surface area contributed by atoms with Crippen molar-refractivity contribution < 1.29 is 8.94 Å². The molecule has 1 N–H and O–H groups in total. The summed E-state index contributed by atoms with van der Waals surface area (Å²) in [7, 11) is 0. The predicted molar refractivity (Wildman–Crippen MR) is 64.7 cm³/mol. The third kappa shape index (κ3) is 2.30. The summed E-state index contributed by atoms with van der Waals surface area (Å²) in [5.74, 6) is 1.24. The maximum atomic E-state index is 5.27. The molecule has 0 spiro atoms. The van der Waals surface area contributed by atoms with Crippen LogP contribution in [-0.2, 0) is 6.54 Å². The molecule has 3 heterocycles. The monoisotopic (exact) mass is 248 g/mol. The Labute approximate surface area is 105 Å². The predicted octanol–water partition coefficient (Wildman–Crippen LogP) is 1.12. The van der Waals surface area contributed by atoms with Gasteiger partial charge in [0.25, 0.3) is 0 Å². The second-order valence-electron chi connectivity index (χ2n) is 4.55. The zero-order valence-corrected chi connectivity index (χ0v) is 10.3. The molecule has 3 rings (SSSR count). The van der Waals surface area contributed by atoms with Crippen LogP contribution in [0.1, 0.15) is 12.8 Å². The molecule has 0 aliphatic carbocycles. The number of hydrogen-bond acceptors (Lipinski definition) is 6. The van der Waals surface area contributed by atoms with E-state index >= 15 is 0 Å². The normalized spacial score (nSPS) is 21.3. The number of nitrogens with one attached hydrogen (secondary N) is 1. The molecular formula is C12H16N4O2. The molecule has 1 atom stereocenters. The Bertz CT molecular complexity index is 494. The molecule has 0 aromatic carbocycles. The molecule has 96 valence electrons. The van der Waals surface area contributed by atoms with Crippen LogP contribution in [0.15, 0.2) is 27.5 Å². The minimum Gasteiger partial charge on any atom is -0.472 e. The van der Waals surface area contributed by atoms with Crippen molar-refractivity contribution in [2.45, 2.75) is 19.5 Å². The minimum atomic E-state index is 0.489. The summed E-state index contributed by atoms with van der Waals surface area (Å²) in [5.41, 5.74) is 0.846. The number of hydrogen-bond donors (Lipinski definition) is 1. The van der Waals surface area contributed by atoms with E-state index in [-0.39, 0.29) is 0 Å². The van der Waals surface area contributed by atoms with E-state index in [9.17, 15) is 0 Å². The van der Waals surface area contributed by atoms with Crippen molar-refractivity contribution in [3.8, 4) is 11.4 Å². The standard InChI is InChI=1S/C12H16N4O2/c1-9-6-13-3-4-16(9)7-11-14-12(15-18-11)10-2-5-17-8-10/h2,5,8-9,13H,3-4,6-7H2,1H3/t9-/m0/s1. The minimum absolute atomic E-state index is 0.489. The van der Waals surface area contributed by atoms with E-state index in [0.29, 0.717) is 24.3 Å². The zero-order valence-electron chi connectivity index (χ0n) is 10.3. The van der Waals surface area contributed by atoms with Crippen molar-refractivity contribution in [1.29, 1.82) is 0 Å². The van der Waals surface area contributed by atoms with Crippen molar-refractivity contribution in [3.05, 3.63) is 24.5 Å². The van der Waals surface area contributed by atoms with Crippen LogP contribution in [0.5, 0.6) is 0 Å². The van der Waals surface area contributed by atoms with E-state index in [2.05, 4.69) is 27.3 Å². The molecule has 1 aliphatic rings. The molecule has 1 fully saturated rings. The lowest BCUT2D eigenvalue weighted by molar-refractivity contribution is 0.146. The van der Waals surface area contributed by atoms with Crippen molar-refractivity contribution in [2.24, 2.45) is 0 Å². The first-order chi connectivity index (χ1) is 8.83. The Morgan fingerprint density at radius 3 is 3.28 bits per heavy atom. The lowest BCUT2D eigenvalue weighted by Crippen LogP contribution is -2.49. The third-order valence-corrected chi connectivity index (χ3v) is 3.22. The number of nitrogens with zero attached hydrogens (tertiary/aromatic N) is 3. The number of piperazine rings is 1. The molecule has 18 heavy (non-hydrogen) atoms. The Morgan fingerprint density at radius 1 is 1.56 bits per heavy atom. The molecule has 2 aromatic rings. The van der Waals surface area contributed by atoms with Gasteiger partial charge in [-0.2, -0.15) is 4.98 Å². The van der Waals surface area contributed by atoms with E-state index in [1.54, 1.807) is 12.5 Å². The molecular weight excluding hydrogens is 232 g/mol. The van der Waals surface area contributed by atoms with Gasteiger partial charge < -0.3 is 14.3 Å². The quantitative estimate of drug-likeness (QED) is 0.878. The Hall–Kier alpha value is -1.66. The van der Waals surface area contributed by atoms with Crippen LogP contribution in [0.2, 0.25) is 0 Å². The van der Waals surface area contributed by atoms with Gasteiger partial charge in [-0.15, -0.1) is 0 Å². The zero-order chi connectivity index (χ0) is 12.4. The molecule has 0 unspecified atom stereocenters. The molecule has 0 amide bonds. The van der Waals surface area contributed by atoms with E-state index in [4.69, 9.17) is 8.94 Å². The highest BCUT2D eigenvalue weighted by molar-refractivity contribution is 5.51. The lowest BCUT2D eigenvalue weighted by Gasteiger charge is -2.32. The number of rotatable bonds is 3. The average Bonchev–Trinajstić information content (AvgIpc) is 3.02. The van der Waals surface area contributed by atoms with Gasteiger partial charge in [-0.05, 0) is 13.0 Å². The van der Waals surface area contributed by atoms with Crippen LogP contribution < -0.4 is 5.32 Å². The Morgan fingerprint density at radius 2 is 2.50 bits per heavy atom. The van der Waals surface area contributed by atoms with Gasteiger partial charge in [0, 0.05) is 25.7 Å². The van der Waals surface area contributed by atoms with Gasteiger partial charge in [-0.25, -0.2) is 0 Å². The van der Waals surface area contributed by atoms with E-state index in [0.717, 1.165) is 25.2 Å². The number of aromatic nitrogens is 2. The summed E-state index contributed by atoms with van der Waals surface area (Å²) < 4.78 is 10.3. The first-order valence-corrected chi connectivity index (χ1v) is 6.13. The van der Waals surface area contributed by atoms with Crippen LogP contribution in [0, 0.1) is 0 Å². The van der Waals surface area contributed by atoms with Crippen molar-refractivity contribution in [3.63, 3.8) is 0 Å². The fourth-order valence-electron chi connectivity index (χ4n) is 2.12. The van der Waals surface area contributed by atoms with Crippen LogP contribution in [0.4, 0.5) is 0 Å². The Kier molecular flexibility index (Phi) is 3.12. The largest absolute Gasteiger partial charge is 0.472 e. The van der Waals surface area contributed by atoms with Gasteiger partial charge in [0.2, 0.25) is 11.7 Å². The molecule has 6 nitrogen and oxygen atoms in total. The van der Waals surface area contributed by atoms with Gasteiger partial charge in [0.15, 0.2) is 0 Å². The number of furan rings is 1. The molecule has 1 aliphatic heterocycles. The summed E-state index contributed by atoms with van der Waals surface area (Å²) in [5, 5.41) is 7.32. The van der Waals surface area contributed by atoms with Crippen molar-refractivity contribution in [2.75, 3.05) is 19.6 Å². The highest BCUT2D eigenvalue weighted by Crippen LogP contribution is 2.17. The van der Waals surface area contributed by atoms with E-state index < -0.39 is 0 Å². The maximum Gasteiger partial charge on any atom is 0.241 e. The first kappa shape index (κ1) is 11.4. The van der Waals surface area contributed by atoms with E-state index in [1.807, 2.05) is 6.07 Å². The summed E-state index contributed by atoms with van der Waals surface area (Å²) in [6.07, 6.45) is 3.21. The van der Waals surface area contributed by atoms with Crippen molar-refractivity contribution in [1.82, 2.24) is 20.4 Å². The SMILES string of the molecule is C[C@H]1CNCCN1Cc1nc(-c2ccoc2)no1. The lowest BCUT2D eigenvalue weighted by atomic mass is 10.2. The summed E-state index contributed by atoms with van der Waals surface area (Å²) in [4.78, 5) is 6.72. The van der Waals surface area contributed by atoms with Gasteiger partial charge >= 0.3 is 0 Å². The third-order valence-electron chi connectivity index (χ3n) is 3.22. The fraction of sp³-hybridized carbons (Fsp3) is 0.500. The van der Waals surface area contributed by atoms with Crippen LogP contribution in [0.3, 0.4) is 0 Å². The molecule has 0 radical (unpaired) electrons. The first-order valence-electron chi connectivity index (χ1n) is 6.13. The molecule has 1 saturated heterocycles. The fourth-order valence-corrected chi connectivity index (χ4v) is 2.12. The van der Waals surface area contributed by atoms with Crippen LogP contribution >= 0.6 is 0 Å². The summed E-state index contributed by atoms with van der Waals surface area (Å²) >= 11 is 0. The Balaban J connectivity index is 1.70. The molecule has 0 bridgehead atoms. The van der Waals surface area contributed by atoms with Gasteiger partial charge in [0.1, 0.15) is 6.26 Å². The van der Waals surface area contributed by atoms with E-state index in [1.165, 1.54) is 0 Å². The van der Waals surface area contributed by atoms with Gasteiger partial charge in [-0.3, -0.25) is 4.90 Å². The molecule has 2 aromatic heterocycles. The van der Waals surface area contributed by atoms with Crippen molar-refractivity contribution >= 4 is 0 Å². The smallest absolute Gasteiger partial charge is 0.241 e. The highest BCUT2D eigenvalue weighted by Gasteiger charge is 2.20. The topological polar surface area (TPSA) is 67.3 Å². The average molecular weight is 248 g/mol. The molecule has 0 saturated carbocycles. The summed E-state index contributed by atoms with van der Waals surface area (Å²) in [6, 6.07) is 2.31. The van der Waals surface area contributed by atoms with Crippen LogP contribution in [0.25, 0.3) is 11.4 Å². The van der Waals surface area contributed by atoms with Gasteiger partial charge in [0.05, 0.1) is 18.4 Å².